The van der Waals surface area contributed by atoms with E-state index >= 15 is 0 Å². The van der Waals surface area contributed by atoms with Crippen molar-refractivity contribution in [2.75, 3.05) is 25.0 Å². The highest BCUT2D eigenvalue weighted by Crippen LogP contribution is 2.31. The summed E-state index contributed by atoms with van der Waals surface area (Å²) in [6, 6.07) is 6.63. The van der Waals surface area contributed by atoms with Crippen LogP contribution < -0.4 is 10.1 Å². The normalized spacial score (nSPS) is 14.9. The minimum Gasteiger partial charge on any atom is -0.492 e. The first-order valence-electron chi connectivity index (χ1n) is 10.5. The molecule has 1 aliphatic rings. The van der Waals surface area contributed by atoms with Crippen molar-refractivity contribution in [2.45, 2.75) is 37.5 Å². The second-order valence-electron chi connectivity index (χ2n) is 7.44. The quantitative estimate of drug-likeness (QED) is 0.496. The number of carbonyl (C=O) groups excluding carboxylic acids is 1. The third-order valence-corrected chi connectivity index (χ3v) is 8.66. The van der Waals surface area contributed by atoms with Crippen LogP contribution in [-0.4, -0.2) is 43.3 Å². The van der Waals surface area contributed by atoms with Crippen molar-refractivity contribution in [3.8, 4) is 16.3 Å². The molecule has 3 heterocycles. The van der Waals surface area contributed by atoms with Gasteiger partial charge in [0.05, 0.1) is 29.3 Å². The third kappa shape index (κ3) is 5.20. The van der Waals surface area contributed by atoms with E-state index in [-0.39, 0.29) is 17.2 Å². The fourth-order valence-electron chi connectivity index (χ4n) is 3.57. The van der Waals surface area contributed by atoms with Crippen LogP contribution in [0.4, 0.5) is 5.69 Å². The maximum absolute atomic E-state index is 13.1. The zero-order valence-corrected chi connectivity index (χ0v) is 20.2. The lowest BCUT2D eigenvalue weighted by molar-refractivity contribution is -0.115. The van der Waals surface area contributed by atoms with E-state index in [1.807, 2.05) is 29.1 Å². The van der Waals surface area contributed by atoms with Crippen molar-refractivity contribution < 1.29 is 17.9 Å². The summed E-state index contributed by atoms with van der Waals surface area (Å²) in [5, 5.41) is 9.57. The minimum atomic E-state index is -3.62. The number of hydrogen-bond donors (Lipinski definition) is 1. The molecule has 4 rings (SSSR count). The Hall–Kier alpha value is -2.27. The number of nitrogens with zero attached hydrogens (tertiary/aromatic N) is 2. The molecule has 1 amide bonds. The molecule has 10 heteroatoms. The summed E-state index contributed by atoms with van der Waals surface area (Å²) in [6.45, 7) is 3.28. The first-order valence-corrected chi connectivity index (χ1v) is 13.8. The molecule has 1 saturated heterocycles. The molecule has 32 heavy (non-hydrogen) atoms. The van der Waals surface area contributed by atoms with Crippen LogP contribution in [-0.2, 0) is 21.2 Å². The number of thiazole rings is 1. The van der Waals surface area contributed by atoms with E-state index in [0.29, 0.717) is 36.8 Å². The summed E-state index contributed by atoms with van der Waals surface area (Å²) >= 11 is 3.09. The molecule has 1 fully saturated rings. The second-order valence-corrected chi connectivity index (χ2v) is 11.0. The lowest BCUT2D eigenvalue weighted by Crippen LogP contribution is -2.35. The Balaban J connectivity index is 1.52. The molecule has 0 saturated carbocycles. The predicted octanol–water partition coefficient (Wildman–Crippen LogP) is 4.63. The molecule has 0 atom stereocenters. The van der Waals surface area contributed by atoms with Gasteiger partial charge in [-0.1, -0.05) is 6.42 Å². The fraction of sp³-hybridized carbons (Fsp3) is 0.364. The van der Waals surface area contributed by atoms with Gasteiger partial charge in [-0.05, 0) is 49.4 Å². The maximum atomic E-state index is 13.1. The third-order valence-electron chi connectivity index (χ3n) is 5.14. The highest BCUT2D eigenvalue weighted by Gasteiger charge is 2.27. The lowest BCUT2D eigenvalue weighted by atomic mass is 10.2. The molecule has 7 nitrogen and oxygen atoms in total. The van der Waals surface area contributed by atoms with Crippen molar-refractivity contribution in [1.29, 1.82) is 0 Å². The van der Waals surface area contributed by atoms with E-state index in [4.69, 9.17) is 4.74 Å². The predicted molar refractivity (Wildman–Crippen MR) is 128 cm³/mol. The first-order chi connectivity index (χ1) is 15.5. The highest BCUT2D eigenvalue weighted by atomic mass is 32.2. The number of anilines is 1. The number of thiophene rings is 1. The average molecular weight is 492 g/mol. The maximum Gasteiger partial charge on any atom is 0.243 e. The van der Waals surface area contributed by atoms with Crippen molar-refractivity contribution in [3.05, 3.63) is 46.1 Å². The largest absolute Gasteiger partial charge is 0.492 e. The van der Waals surface area contributed by atoms with E-state index in [9.17, 15) is 13.2 Å². The van der Waals surface area contributed by atoms with Gasteiger partial charge in [0.1, 0.15) is 10.8 Å². The van der Waals surface area contributed by atoms with E-state index in [2.05, 4.69) is 10.3 Å². The zero-order chi connectivity index (χ0) is 22.6. The van der Waals surface area contributed by atoms with Crippen LogP contribution in [0.1, 0.15) is 31.9 Å². The Kier molecular flexibility index (Phi) is 7.24. The van der Waals surface area contributed by atoms with Crippen LogP contribution in [0.5, 0.6) is 5.75 Å². The molecule has 0 radical (unpaired) electrons. The number of aromatic nitrogens is 1. The smallest absolute Gasteiger partial charge is 0.243 e. The highest BCUT2D eigenvalue weighted by molar-refractivity contribution is 7.89. The number of hydrogen-bond acceptors (Lipinski definition) is 7. The zero-order valence-electron chi connectivity index (χ0n) is 17.7. The van der Waals surface area contributed by atoms with Crippen LogP contribution in [0.15, 0.2) is 45.3 Å². The number of sulfonamides is 1. The molecule has 0 bridgehead atoms. The fourth-order valence-corrected chi connectivity index (χ4v) is 6.64. The van der Waals surface area contributed by atoms with Gasteiger partial charge in [-0.2, -0.15) is 15.6 Å². The molecule has 1 N–H and O–H groups in total. The number of benzene rings is 1. The van der Waals surface area contributed by atoms with Gasteiger partial charge in [0, 0.05) is 29.4 Å². The van der Waals surface area contributed by atoms with Crippen molar-refractivity contribution >= 4 is 44.3 Å². The summed E-state index contributed by atoms with van der Waals surface area (Å²) in [7, 11) is -3.62. The van der Waals surface area contributed by atoms with Crippen molar-refractivity contribution in [3.63, 3.8) is 0 Å². The molecular weight excluding hydrogens is 466 g/mol. The van der Waals surface area contributed by atoms with Gasteiger partial charge in [0.15, 0.2) is 0 Å². The molecule has 1 aromatic carbocycles. The van der Waals surface area contributed by atoms with Crippen LogP contribution in [0, 0.1) is 0 Å². The number of carbonyl (C=O) groups is 1. The van der Waals surface area contributed by atoms with Gasteiger partial charge in [-0.25, -0.2) is 13.4 Å². The number of nitrogens with one attached hydrogen (secondary N) is 1. The number of rotatable bonds is 8. The van der Waals surface area contributed by atoms with E-state index in [1.165, 1.54) is 27.8 Å². The molecule has 170 valence electrons. The average Bonchev–Trinajstić information content (AvgIpc) is 3.48. The van der Waals surface area contributed by atoms with Crippen LogP contribution in [0.2, 0.25) is 0 Å². The van der Waals surface area contributed by atoms with Gasteiger partial charge >= 0.3 is 0 Å². The van der Waals surface area contributed by atoms with Crippen molar-refractivity contribution in [1.82, 2.24) is 9.29 Å². The summed E-state index contributed by atoms with van der Waals surface area (Å²) < 4.78 is 33.3. The number of ether oxygens (including phenoxy) is 1. The minimum absolute atomic E-state index is 0.0926. The van der Waals surface area contributed by atoms with Gasteiger partial charge in [0.25, 0.3) is 0 Å². The van der Waals surface area contributed by atoms with E-state index < -0.39 is 10.0 Å². The summed E-state index contributed by atoms with van der Waals surface area (Å²) in [5.41, 5.74) is 2.06. The monoisotopic (exact) mass is 491 g/mol. The van der Waals surface area contributed by atoms with E-state index in [0.717, 1.165) is 29.8 Å². The van der Waals surface area contributed by atoms with Gasteiger partial charge in [0.2, 0.25) is 15.9 Å². The summed E-state index contributed by atoms with van der Waals surface area (Å²) in [6.07, 6.45) is 2.86. The Bertz CT molecular complexity index is 1170. The van der Waals surface area contributed by atoms with Crippen LogP contribution in [0.25, 0.3) is 10.6 Å². The Morgan fingerprint density at radius 1 is 1.19 bits per heavy atom. The standard InChI is InChI=1S/C22H25N3O4S3/c1-2-29-20-7-6-18(32(27,28)25-9-4-3-5-10-25)13-19(20)24-21(26)12-17-15-31-22(23-17)16-8-11-30-14-16/h6-8,11,13-15H,2-5,9-10,12H2,1H3,(H,24,26). The van der Waals surface area contributed by atoms with Crippen LogP contribution >= 0.6 is 22.7 Å². The van der Waals surface area contributed by atoms with Crippen molar-refractivity contribution in [2.24, 2.45) is 0 Å². The summed E-state index contributed by atoms with van der Waals surface area (Å²) in [5.74, 6) is 0.163. The Morgan fingerprint density at radius 3 is 2.72 bits per heavy atom. The molecule has 0 unspecified atom stereocenters. The van der Waals surface area contributed by atoms with Gasteiger partial charge in [-0.15, -0.1) is 11.3 Å². The molecular formula is C22H25N3O4S3. The van der Waals surface area contributed by atoms with Crippen LogP contribution in [0.3, 0.4) is 0 Å². The molecule has 3 aromatic rings. The number of amides is 1. The Morgan fingerprint density at radius 2 is 2.00 bits per heavy atom. The molecule has 2 aromatic heterocycles. The molecule has 0 spiro atoms. The van der Waals surface area contributed by atoms with E-state index in [1.54, 1.807) is 17.4 Å². The topological polar surface area (TPSA) is 88.6 Å². The Labute approximate surface area is 196 Å². The molecule has 0 aliphatic carbocycles. The second kappa shape index (κ2) is 10.1. The first kappa shape index (κ1) is 22.9. The number of piperidine rings is 1. The SMILES string of the molecule is CCOc1ccc(S(=O)(=O)N2CCCCC2)cc1NC(=O)Cc1csc(-c2ccsc2)n1. The van der Waals surface area contributed by atoms with Gasteiger partial charge < -0.3 is 10.1 Å². The van der Waals surface area contributed by atoms with Gasteiger partial charge in [-0.3, -0.25) is 4.79 Å². The lowest BCUT2D eigenvalue weighted by Gasteiger charge is -2.26. The summed E-state index contributed by atoms with van der Waals surface area (Å²) in [4.78, 5) is 17.4. The molecule has 1 aliphatic heterocycles.